The van der Waals surface area contributed by atoms with Crippen LogP contribution in [0.1, 0.15) is 20.8 Å². The molecule has 2 aromatic carbocycles. The molecule has 2 aromatic heterocycles. The minimum absolute atomic E-state index is 0.103. The Balaban J connectivity index is 1.58. The van der Waals surface area contributed by atoms with Crippen LogP contribution in [0.2, 0.25) is 0 Å². The Bertz CT molecular complexity index is 1160. The minimum atomic E-state index is -0.103. The Morgan fingerprint density at radius 2 is 1.70 bits per heavy atom. The molecular weight excluding hydrogens is 378 g/mol. The molecule has 7 nitrogen and oxygen atoms in total. The number of hydrogen-bond acceptors (Lipinski definition) is 5. The van der Waals surface area contributed by atoms with Crippen LogP contribution < -0.4 is 15.4 Å². The normalized spacial score (nSPS) is 10.9. The molecule has 7 heteroatoms. The van der Waals surface area contributed by atoms with Crippen molar-refractivity contribution in [1.82, 2.24) is 14.6 Å². The maximum Gasteiger partial charge on any atom is 0.247 e. The number of rotatable bonds is 6. The molecule has 152 valence electrons. The first kappa shape index (κ1) is 19.4. The van der Waals surface area contributed by atoms with E-state index in [1.165, 1.54) is 6.92 Å². The van der Waals surface area contributed by atoms with E-state index in [-0.39, 0.29) is 12.0 Å². The highest BCUT2D eigenvalue weighted by atomic mass is 16.5. The fraction of sp³-hybridized carbons (Fsp3) is 0.174. The van der Waals surface area contributed by atoms with Gasteiger partial charge in [0.1, 0.15) is 5.75 Å². The molecule has 1 amide bonds. The van der Waals surface area contributed by atoms with Gasteiger partial charge >= 0.3 is 0 Å². The fourth-order valence-corrected chi connectivity index (χ4v) is 3.14. The summed E-state index contributed by atoms with van der Waals surface area (Å²) in [6, 6.07) is 19.3. The van der Waals surface area contributed by atoms with Crippen molar-refractivity contribution < 1.29 is 9.53 Å². The summed E-state index contributed by atoms with van der Waals surface area (Å²) >= 11 is 0. The highest BCUT2D eigenvalue weighted by Crippen LogP contribution is 2.27. The molecule has 0 saturated heterocycles. The van der Waals surface area contributed by atoms with Crippen molar-refractivity contribution in [3.8, 4) is 16.9 Å². The number of nitrogens with zero attached hydrogens (tertiary/aromatic N) is 3. The summed E-state index contributed by atoms with van der Waals surface area (Å²) in [5.74, 6) is 1.23. The molecule has 0 aliphatic rings. The van der Waals surface area contributed by atoms with Gasteiger partial charge in [0, 0.05) is 30.1 Å². The van der Waals surface area contributed by atoms with Gasteiger partial charge in [-0.3, -0.25) is 4.79 Å². The SMILES string of the molecule is CC(=O)Nc1ccc(Nc2nc3c(-c4ccc(OC(C)C)cc4)cccn3n2)cc1. The number of ether oxygens (including phenoxy) is 1. The molecule has 4 aromatic rings. The highest BCUT2D eigenvalue weighted by Gasteiger charge is 2.10. The number of carbonyl (C=O) groups excluding carboxylic acids is 1. The Morgan fingerprint density at radius 1 is 1.00 bits per heavy atom. The van der Waals surface area contributed by atoms with Crippen molar-refractivity contribution in [3.05, 3.63) is 66.9 Å². The van der Waals surface area contributed by atoms with Crippen LogP contribution in [-0.2, 0) is 4.79 Å². The van der Waals surface area contributed by atoms with E-state index in [1.54, 1.807) is 4.52 Å². The van der Waals surface area contributed by atoms with Crippen molar-refractivity contribution in [2.24, 2.45) is 0 Å². The zero-order valence-corrected chi connectivity index (χ0v) is 17.1. The van der Waals surface area contributed by atoms with Gasteiger partial charge in [-0.15, -0.1) is 5.10 Å². The predicted octanol–water partition coefficient (Wildman–Crippen LogP) is 4.89. The van der Waals surface area contributed by atoms with Crippen LogP contribution in [0, 0.1) is 0 Å². The topological polar surface area (TPSA) is 80.5 Å². The van der Waals surface area contributed by atoms with Gasteiger partial charge in [0.05, 0.1) is 6.10 Å². The van der Waals surface area contributed by atoms with Crippen LogP contribution in [0.25, 0.3) is 16.8 Å². The lowest BCUT2D eigenvalue weighted by atomic mass is 10.1. The van der Waals surface area contributed by atoms with Gasteiger partial charge in [0.15, 0.2) is 5.65 Å². The van der Waals surface area contributed by atoms with Crippen molar-refractivity contribution >= 4 is 28.9 Å². The van der Waals surface area contributed by atoms with Crippen molar-refractivity contribution in [3.63, 3.8) is 0 Å². The third-order valence-electron chi connectivity index (χ3n) is 4.36. The molecule has 0 aliphatic carbocycles. The summed E-state index contributed by atoms with van der Waals surface area (Å²) in [5, 5.41) is 10.5. The molecule has 0 radical (unpaired) electrons. The Hall–Kier alpha value is -3.87. The first-order valence-corrected chi connectivity index (χ1v) is 9.75. The highest BCUT2D eigenvalue weighted by molar-refractivity contribution is 5.88. The van der Waals surface area contributed by atoms with Crippen LogP contribution in [0.5, 0.6) is 5.75 Å². The number of pyridine rings is 1. The second-order valence-electron chi connectivity index (χ2n) is 7.20. The first-order chi connectivity index (χ1) is 14.5. The van der Waals surface area contributed by atoms with Crippen LogP contribution in [0.3, 0.4) is 0 Å². The molecule has 0 unspecified atom stereocenters. The zero-order chi connectivity index (χ0) is 21.1. The number of nitrogens with one attached hydrogen (secondary N) is 2. The molecule has 0 atom stereocenters. The maximum atomic E-state index is 11.1. The summed E-state index contributed by atoms with van der Waals surface area (Å²) in [6.07, 6.45) is 2.00. The molecule has 0 spiro atoms. The third-order valence-corrected chi connectivity index (χ3v) is 4.36. The van der Waals surface area contributed by atoms with Gasteiger partial charge in [-0.2, -0.15) is 4.98 Å². The number of aromatic nitrogens is 3. The monoisotopic (exact) mass is 401 g/mol. The number of fused-ring (bicyclic) bond motifs is 1. The van der Waals surface area contributed by atoms with E-state index in [9.17, 15) is 4.79 Å². The molecule has 0 aliphatic heterocycles. The second-order valence-corrected chi connectivity index (χ2v) is 7.20. The minimum Gasteiger partial charge on any atom is -0.491 e. The van der Waals surface area contributed by atoms with Crippen LogP contribution in [0.4, 0.5) is 17.3 Å². The van der Waals surface area contributed by atoms with Gasteiger partial charge in [0.25, 0.3) is 0 Å². The fourth-order valence-electron chi connectivity index (χ4n) is 3.14. The predicted molar refractivity (Wildman–Crippen MR) is 118 cm³/mol. The number of hydrogen-bond donors (Lipinski definition) is 2. The lowest BCUT2D eigenvalue weighted by Crippen LogP contribution is -2.05. The zero-order valence-electron chi connectivity index (χ0n) is 17.1. The lowest BCUT2D eigenvalue weighted by Gasteiger charge is -2.10. The van der Waals surface area contributed by atoms with Crippen LogP contribution >= 0.6 is 0 Å². The average molecular weight is 401 g/mol. The van der Waals surface area contributed by atoms with E-state index < -0.39 is 0 Å². The summed E-state index contributed by atoms with van der Waals surface area (Å²) < 4.78 is 7.48. The molecule has 0 saturated carbocycles. The molecule has 30 heavy (non-hydrogen) atoms. The summed E-state index contributed by atoms with van der Waals surface area (Å²) in [6.45, 7) is 5.49. The van der Waals surface area contributed by atoms with E-state index >= 15 is 0 Å². The Kier molecular flexibility index (Phi) is 5.34. The molecule has 2 heterocycles. The lowest BCUT2D eigenvalue weighted by molar-refractivity contribution is -0.114. The Labute approximate surface area is 174 Å². The number of benzene rings is 2. The van der Waals surface area contributed by atoms with Crippen molar-refractivity contribution in [2.45, 2.75) is 26.9 Å². The quantitative estimate of drug-likeness (QED) is 0.481. The average Bonchev–Trinajstić information content (AvgIpc) is 3.12. The van der Waals surface area contributed by atoms with Gasteiger partial charge in [-0.1, -0.05) is 12.1 Å². The maximum absolute atomic E-state index is 11.1. The second kappa shape index (κ2) is 8.24. The molecule has 2 N–H and O–H groups in total. The largest absolute Gasteiger partial charge is 0.491 e. The number of carbonyl (C=O) groups is 1. The third kappa shape index (κ3) is 4.41. The van der Waals surface area contributed by atoms with Gasteiger partial charge in [0.2, 0.25) is 11.9 Å². The first-order valence-electron chi connectivity index (χ1n) is 9.75. The van der Waals surface area contributed by atoms with Gasteiger partial charge in [-0.05, 0) is 67.9 Å². The summed E-state index contributed by atoms with van der Waals surface area (Å²) in [7, 11) is 0. The van der Waals surface area contributed by atoms with E-state index in [1.807, 2.05) is 80.7 Å². The van der Waals surface area contributed by atoms with Gasteiger partial charge < -0.3 is 15.4 Å². The summed E-state index contributed by atoms with van der Waals surface area (Å²) in [4.78, 5) is 15.8. The number of amides is 1. The molecular formula is C23H23N5O2. The smallest absolute Gasteiger partial charge is 0.247 e. The molecule has 0 fully saturated rings. The van der Waals surface area contributed by atoms with Gasteiger partial charge in [-0.25, -0.2) is 4.52 Å². The molecule has 0 bridgehead atoms. The van der Waals surface area contributed by atoms with E-state index in [0.717, 1.165) is 33.9 Å². The van der Waals surface area contributed by atoms with Crippen LogP contribution in [0.15, 0.2) is 66.9 Å². The van der Waals surface area contributed by atoms with Crippen molar-refractivity contribution in [2.75, 3.05) is 10.6 Å². The van der Waals surface area contributed by atoms with E-state index in [0.29, 0.717) is 5.95 Å². The standard InChI is InChI=1S/C23H23N5O2/c1-15(2)30-20-12-6-17(7-13-20)21-5-4-14-28-22(21)26-23(27-28)25-19-10-8-18(9-11-19)24-16(3)29/h4-15H,1-3H3,(H,24,29)(H,25,27). The number of anilines is 3. The Morgan fingerprint density at radius 3 is 2.37 bits per heavy atom. The van der Waals surface area contributed by atoms with Crippen molar-refractivity contribution in [1.29, 1.82) is 0 Å². The molecule has 4 rings (SSSR count). The van der Waals surface area contributed by atoms with E-state index in [2.05, 4.69) is 20.7 Å². The van der Waals surface area contributed by atoms with E-state index in [4.69, 9.17) is 4.74 Å². The summed E-state index contributed by atoms with van der Waals surface area (Å²) in [5.41, 5.74) is 4.35. The van der Waals surface area contributed by atoms with Crippen LogP contribution in [-0.4, -0.2) is 26.6 Å².